The Morgan fingerprint density at radius 3 is 1.95 bits per heavy atom. The molecular weight excluding hydrogens is 549 g/mol. The van der Waals surface area contributed by atoms with Crippen LogP contribution < -0.4 is 0 Å². The standard InChI is InChI=1S/C41H51F3/c1-3-5-7-9-11-35-24-27-38(41(44)40(35)43)34-22-20-33(21-23-34)37-26-25-36(28-39(37)42)32-18-16-31(17-19-32)30-14-12-29(13-15-30)10-8-6-4-2/h4,6,20-32H,3,5,7-19H2,1-2H3. The molecule has 5 rings (SSSR count). The van der Waals surface area contributed by atoms with E-state index in [2.05, 4.69) is 32.1 Å². The first-order valence-corrected chi connectivity index (χ1v) is 17.5. The van der Waals surface area contributed by atoms with E-state index in [9.17, 15) is 8.78 Å². The second kappa shape index (κ2) is 16.0. The predicted molar refractivity (Wildman–Crippen MR) is 179 cm³/mol. The summed E-state index contributed by atoms with van der Waals surface area (Å²) in [5.41, 5.74) is 3.69. The molecule has 0 spiro atoms. The fourth-order valence-electron chi connectivity index (χ4n) is 7.97. The molecule has 0 atom stereocenters. The summed E-state index contributed by atoms with van der Waals surface area (Å²) in [4.78, 5) is 0. The molecule has 0 unspecified atom stereocenters. The minimum atomic E-state index is -0.802. The second-order valence-electron chi connectivity index (χ2n) is 13.6. The molecule has 0 saturated heterocycles. The lowest BCUT2D eigenvalue weighted by molar-refractivity contribution is 0.157. The van der Waals surface area contributed by atoms with Gasteiger partial charge in [-0.25, -0.2) is 13.2 Å². The molecule has 0 aliphatic heterocycles. The smallest absolute Gasteiger partial charge is 0.166 e. The molecule has 2 aliphatic rings. The molecule has 0 bridgehead atoms. The van der Waals surface area contributed by atoms with Gasteiger partial charge >= 0.3 is 0 Å². The molecule has 0 heterocycles. The Hall–Kier alpha value is -2.81. The summed E-state index contributed by atoms with van der Waals surface area (Å²) in [6.07, 6.45) is 22.1. The monoisotopic (exact) mass is 600 g/mol. The molecule has 0 radical (unpaired) electrons. The van der Waals surface area contributed by atoms with Crippen molar-refractivity contribution in [3.05, 3.63) is 95.3 Å². The maximum absolute atomic E-state index is 15.4. The Morgan fingerprint density at radius 1 is 0.682 bits per heavy atom. The number of benzene rings is 3. The molecular formula is C41H51F3. The quantitative estimate of drug-likeness (QED) is 0.143. The number of halogens is 3. The van der Waals surface area contributed by atoms with Gasteiger partial charge in [-0.3, -0.25) is 0 Å². The summed E-state index contributed by atoms with van der Waals surface area (Å²) in [5.74, 6) is 1.31. The average Bonchev–Trinajstić information content (AvgIpc) is 3.06. The van der Waals surface area contributed by atoms with E-state index in [0.717, 1.165) is 67.4 Å². The first-order chi connectivity index (χ1) is 21.5. The van der Waals surface area contributed by atoms with Gasteiger partial charge in [0.2, 0.25) is 0 Å². The van der Waals surface area contributed by atoms with Gasteiger partial charge in [0, 0.05) is 11.1 Å². The van der Waals surface area contributed by atoms with Crippen LogP contribution in [0.2, 0.25) is 0 Å². The highest BCUT2D eigenvalue weighted by Gasteiger charge is 2.31. The molecule has 0 N–H and O–H groups in total. The van der Waals surface area contributed by atoms with Crippen LogP contribution in [0.1, 0.15) is 121 Å². The maximum Gasteiger partial charge on any atom is 0.166 e. The average molecular weight is 601 g/mol. The number of unbranched alkanes of at least 4 members (excludes halogenated alkanes) is 3. The molecule has 0 amide bonds. The summed E-state index contributed by atoms with van der Waals surface area (Å²) in [5, 5.41) is 0. The van der Waals surface area contributed by atoms with Gasteiger partial charge in [-0.2, -0.15) is 0 Å². The van der Waals surface area contributed by atoms with Crippen LogP contribution in [-0.2, 0) is 6.42 Å². The molecule has 2 aliphatic carbocycles. The van der Waals surface area contributed by atoms with Crippen molar-refractivity contribution in [3.8, 4) is 22.3 Å². The SMILES string of the molecule is CC=CCCC1CCC(C2CCC(c3ccc(-c4ccc(-c5ccc(CCCCCC)c(F)c5F)cc4)c(F)c3)CC2)CC1. The number of allylic oxidation sites excluding steroid dienone is 2. The minimum absolute atomic E-state index is 0.210. The topological polar surface area (TPSA) is 0 Å². The third-order valence-corrected chi connectivity index (χ3v) is 10.7. The number of rotatable bonds is 12. The van der Waals surface area contributed by atoms with Gasteiger partial charge in [0.05, 0.1) is 0 Å². The Morgan fingerprint density at radius 2 is 1.32 bits per heavy atom. The van der Waals surface area contributed by atoms with E-state index in [1.807, 2.05) is 18.2 Å². The zero-order valence-corrected chi connectivity index (χ0v) is 26.9. The van der Waals surface area contributed by atoms with E-state index in [0.29, 0.717) is 29.0 Å². The van der Waals surface area contributed by atoms with E-state index in [-0.39, 0.29) is 11.4 Å². The maximum atomic E-state index is 15.4. The summed E-state index contributed by atoms with van der Waals surface area (Å²) >= 11 is 0. The van der Waals surface area contributed by atoms with Crippen LogP contribution in [-0.4, -0.2) is 0 Å². The van der Waals surface area contributed by atoms with Gasteiger partial charge in [-0.05, 0) is 123 Å². The molecule has 2 fully saturated rings. The van der Waals surface area contributed by atoms with E-state index < -0.39 is 11.6 Å². The minimum Gasteiger partial charge on any atom is -0.206 e. The van der Waals surface area contributed by atoms with Gasteiger partial charge in [-0.15, -0.1) is 0 Å². The van der Waals surface area contributed by atoms with Gasteiger partial charge in [0.25, 0.3) is 0 Å². The van der Waals surface area contributed by atoms with Crippen molar-refractivity contribution < 1.29 is 13.2 Å². The lowest BCUT2D eigenvalue weighted by Gasteiger charge is -2.38. The summed E-state index contributed by atoms with van der Waals surface area (Å²) < 4.78 is 45.2. The van der Waals surface area contributed by atoms with Crippen LogP contribution in [0.25, 0.3) is 22.3 Å². The van der Waals surface area contributed by atoms with Gasteiger partial charge in [0.1, 0.15) is 5.82 Å². The molecule has 0 aromatic heterocycles. The van der Waals surface area contributed by atoms with Crippen LogP contribution in [0.5, 0.6) is 0 Å². The summed E-state index contributed by atoms with van der Waals surface area (Å²) in [7, 11) is 0. The number of aryl methyl sites for hydroxylation is 1. The Labute approximate surface area is 264 Å². The Bertz CT molecular complexity index is 1360. The van der Waals surface area contributed by atoms with Crippen molar-refractivity contribution in [1.82, 2.24) is 0 Å². The predicted octanol–water partition coefficient (Wildman–Crippen LogP) is 13.0. The zero-order valence-electron chi connectivity index (χ0n) is 26.9. The van der Waals surface area contributed by atoms with Crippen molar-refractivity contribution in [2.24, 2.45) is 17.8 Å². The lowest BCUT2D eigenvalue weighted by atomic mass is 9.68. The Kier molecular flexibility index (Phi) is 11.8. The van der Waals surface area contributed by atoms with Crippen LogP contribution in [0, 0.1) is 35.2 Å². The van der Waals surface area contributed by atoms with Gasteiger partial charge in [-0.1, -0.05) is 99.7 Å². The summed E-state index contributed by atoms with van der Waals surface area (Å²) in [6, 6.07) is 16.3. The van der Waals surface area contributed by atoms with Crippen LogP contribution in [0.3, 0.4) is 0 Å². The molecule has 44 heavy (non-hydrogen) atoms. The van der Waals surface area contributed by atoms with E-state index in [4.69, 9.17) is 0 Å². The second-order valence-corrected chi connectivity index (χ2v) is 13.6. The first kappa shape index (κ1) is 32.6. The molecule has 3 aromatic rings. The highest BCUT2D eigenvalue weighted by atomic mass is 19.2. The fourth-order valence-corrected chi connectivity index (χ4v) is 7.97. The van der Waals surface area contributed by atoms with Crippen LogP contribution in [0.4, 0.5) is 13.2 Å². The highest BCUT2D eigenvalue weighted by molar-refractivity contribution is 5.71. The zero-order chi connectivity index (χ0) is 30.9. The lowest BCUT2D eigenvalue weighted by Crippen LogP contribution is -2.25. The fraction of sp³-hybridized carbons (Fsp3) is 0.512. The molecule has 3 heteroatoms. The van der Waals surface area contributed by atoms with Crippen molar-refractivity contribution in [2.75, 3.05) is 0 Å². The van der Waals surface area contributed by atoms with Gasteiger partial charge in [0.15, 0.2) is 11.6 Å². The first-order valence-electron chi connectivity index (χ1n) is 17.5. The van der Waals surface area contributed by atoms with Crippen LogP contribution >= 0.6 is 0 Å². The number of hydrogen-bond donors (Lipinski definition) is 0. The largest absolute Gasteiger partial charge is 0.206 e. The highest BCUT2D eigenvalue weighted by Crippen LogP contribution is 2.45. The third kappa shape index (κ3) is 8.06. The number of hydrogen-bond acceptors (Lipinski definition) is 0. The molecule has 3 aromatic carbocycles. The van der Waals surface area contributed by atoms with Crippen molar-refractivity contribution in [3.63, 3.8) is 0 Å². The Balaban J connectivity index is 1.16. The van der Waals surface area contributed by atoms with Crippen molar-refractivity contribution in [1.29, 1.82) is 0 Å². The summed E-state index contributed by atoms with van der Waals surface area (Å²) in [6.45, 7) is 4.24. The van der Waals surface area contributed by atoms with E-state index in [1.54, 1.807) is 30.3 Å². The van der Waals surface area contributed by atoms with E-state index >= 15 is 4.39 Å². The van der Waals surface area contributed by atoms with Crippen molar-refractivity contribution >= 4 is 0 Å². The van der Waals surface area contributed by atoms with Crippen LogP contribution in [0.15, 0.2) is 66.7 Å². The molecule has 236 valence electrons. The molecule has 0 nitrogen and oxygen atoms in total. The molecule has 2 saturated carbocycles. The van der Waals surface area contributed by atoms with Crippen molar-refractivity contribution in [2.45, 2.75) is 116 Å². The van der Waals surface area contributed by atoms with Gasteiger partial charge < -0.3 is 0 Å². The van der Waals surface area contributed by atoms with E-state index in [1.165, 1.54) is 51.4 Å². The normalized spacial score (nSPS) is 22.5. The third-order valence-electron chi connectivity index (χ3n) is 10.7.